The molecule has 0 bridgehead atoms. The van der Waals surface area contributed by atoms with E-state index in [2.05, 4.69) is 21.5 Å². The summed E-state index contributed by atoms with van der Waals surface area (Å²) in [6, 6.07) is 0.491. The maximum Gasteiger partial charge on any atom is 0.237 e. The first-order valence-electron chi connectivity index (χ1n) is 6.49. The molecule has 2 N–H and O–H groups in total. The SMILES string of the molecule is C#CCN1CCC(NC2CCCNC2=O)CC1. The lowest BCUT2D eigenvalue weighted by molar-refractivity contribution is -0.124. The summed E-state index contributed by atoms with van der Waals surface area (Å²) in [6.45, 7) is 3.65. The largest absolute Gasteiger partial charge is 0.355 e. The molecule has 0 aliphatic carbocycles. The quantitative estimate of drug-likeness (QED) is 0.674. The number of carbonyl (C=O) groups excluding carboxylic acids is 1. The Hall–Kier alpha value is -1.05. The van der Waals surface area contributed by atoms with Crippen molar-refractivity contribution in [2.75, 3.05) is 26.2 Å². The molecule has 0 saturated carbocycles. The predicted octanol–water partition coefficient (Wildman–Crippen LogP) is -0.0478. The maximum atomic E-state index is 11.6. The minimum Gasteiger partial charge on any atom is -0.355 e. The van der Waals surface area contributed by atoms with Crippen LogP contribution in [0, 0.1) is 12.3 Å². The highest BCUT2D eigenvalue weighted by Gasteiger charge is 2.26. The lowest BCUT2D eigenvalue weighted by Gasteiger charge is -2.34. The summed E-state index contributed by atoms with van der Waals surface area (Å²) in [5, 5.41) is 6.39. The predicted molar refractivity (Wildman–Crippen MR) is 67.5 cm³/mol. The van der Waals surface area contributed by atoms with Crippen molar-refractivity contribution in [1.29, 1.82) is 0 Å². The van der Waals surface area contributed by atoms with Crippen molar-refractivity contribution in [2.24, 2.45) is 0 Å². The second-order valence-corrected chi connectivity index (χ2v) is 4.91. The fourth-order valence-electron chi connectivity index (χ4n) is 2.60. The number of rotatable bonds is 3. The highest BCUT2D eigenvalue weighted by atomic mass is 16.2. The summed E-state index contributed by atoms with van der Waals surface area (Å²) in [4.78, 5) is 13.9. The molecule has 0 radical (unpaired) electrons. The third-order valence-corrected chi connectivity index (χ3v) is 3.62. The van der Waals surface area contributed by atoms with E-state index in [0.717, 1.165) is 51.9 Å². The molecule has 0 aromatic carbocycles. The fraction of sp³-hybridized carbons (Fsp3) is 0.769. The van der Waals surface area contributed by atoms with E-state index >= 15 is 0 Å². The Labute approximate surface area is 103 Å². The second-order valence-electron chi connectivity index (χ2n) is 4.91. The van der Waals surface area contributed by atoms with Gasteiger partial charge in [0.25, 0.3) is 0 Å². The average Bonchev–Trinajstić information content (AvgIpc) is 2.35. The molecule has 1 unspecified atom stereocenters. The van der Waals surface area contributed by atoms with Crippen molar-refractivity contribution < 1.29 is 4.79 Å². The van der Waals surface area contributed by atoms with E-state index in [0.29, 0.717) is 6.04 Å². The highest BCUT2D eigenvalue weighted by Crippen LogP contribution is 2.12. The van der Waals surface area contributed by atoms with Crippen LogP contribution in [0.2, 0.25) is 0 Å². The van der Waals surface area contributed by atoms with E-state index in [9.17, 15) is 4.79 Å². The van der Waals surface area contributed by atoms with Gasteiger partial charge >= 0.3 is 0 Å². The van der Waals surface area contributed by atoms with Gasteiger partial charge in [-0.1, -0.05) is 5.92 Å². The molecule has 4 heteroatoms. The number of nitrogens with one attached hydrogen (secondary N) is 2. The minimum absolute atomic E-state index is 0.0212. The molecule has 2 aliphatic heterocycles. The van der Waals surface area contributed by atoms with Gasteiger partial charge in [0.05, 0.1) is 12.6 Å². The Morgan fingerprint density at radius 2 is 2.18 bits per heavy atom. The van der Waals surface area contributed by atoms with E-state index in [-0.39, 0.29) is 11.9 Å². The van der Waals surface area contributed by atoms with E-state index in [1.54, 1.807) is 0 Å². The van der Waals surface area contributed by atoms with Crippen molar-refractivity contribution >= 4 is 5.91 Å². The van der Waals surface area contributed by atoms with Gasteiger partial charge in [-0.3, -0.25) is 9.69 Å². The summed E-state index contributed by atoms with van der Waals surface area (Å²) in [6.07, 6.45) is 9.53. The van der Waals surface area contributed by atoms with Crippen LogP contribution < -0.4 is 10.6 Å². The maximum absolute atomic E-state index is 11.6. The Balaban J connectivity index is 1.74. The summed E-state index contributed by atoms with van der Waals surface area (Å²) in [5.74, 6) is 2.85. The lowest BCUT2D eigenvalue weighted by atomic mass is 10.0. The Kier molecular flexibility index (Phi) is 4.41. The first kappa shape index (κ1) is 12.4. The van der Waals surface area contributed by atoms with Crippen molar-refractivity contribution in [3.63, 3.8) is 0 Å². The van der Waals surface area contributed by atoms with Crippen LogP contribution in [-0.2, 0) is 4.79 Å². The molecule has 0 spiro atoms. The smallest absolute Gasteiger partial charge is 0.237 e. The van der Waals surface area contributed by atoms with Crippen molar-refractivity contribution in [3.05, 3.63) is 0 Å². The van der Waals surface area contributed by atoms with Crippen LogP contribution in [0.4, 0.5) is 0 Å². The molecule has 0 aromatic heterocycles. The minimum atomic E-state index is 0.0212. The Bertz CT molecular complexity index is 302. The third-order valence-electron chi connectivity index (χ3n) is 3.62. The number of hydrogen-bond donors (Lipinski definition) is 2. The first-order valence-corrected chi connectivity index (χ1v) is 6.49. The molecule has 94 valence electrons. The topological polar surface area (TPSA) is 44.4 Å². The Morgan fingerprint density at radius 1 is 1.41 bits per heavy atom. The van der Waals surface area contributed by atoms with Gasteiger partial charge in [-0.2, -0.15) is 0 Å². The first-order chi connectivity index (χ1) is 8.29. The normalized spacial score (nSPS) is 27.5. The number of likely N-dealkylation sites (tertiary alicyclic amines) is 1. The molecule has 1 atom stereocenters. The summed E-state index contributed by atoms with van der Waals surface area (Å²) in [5.41, 5.74) is 0. The fourth-order valence-corrected chi connectivity index (χ4v) is 2.60. The van der Waals surface area contributed by atoms with E-state index in [1.807, 2.05) is 0 Å². The number of terminal acetylenes is 1. The zero-order chi connectivity index (χ0) is 12.1. The van der Waals surface area contributed by atoms with Gasteiger partial charge in [0, 0.05) is 25.7 Å². The summed E-state index contributed by atoms with van der Waals surface area (Å²) in [7, 11) is 0. The van der Waals surface area contributed by atoms with Gasteiger partial charge in [-0.25, -0.2) is 0 Å². The summed E-state index contributed by atoms with van der Waals surface area (Å²) < 4.78 is 0. The average molecular weight is 235 g/mol. The van der Waals surface area contributed by atoms with Gasteiger partial charge in [0.1, 0.15) is 0 Å². The standard InChI is InChI=1S/C13H21N3O/c1-2-8-16-9-5-11(6-10-16)15-12-4-3-7-14-13(12)17/h1,11-12,15H,3-10H2,(H,14,17). The van der Waals surface area contributed by atoms with Crippen molar-refractivity contribution in [3.8, 4) is 12.3 Å². The second kappa shape index (κ2) is 6.04. The number of carbonyl (C=O) groups is 1. The molecule has 2 heterocycles. The number of amides is 1. The van der Waals surface area contributed by atoms with Gasteiger partial charge in [0.2, 0.25) is 5.91 Å². The molecule has 2 saturated heterocycles. The summed E-state index contributed by atoms with van der Waals surface area (Å²) >= 11 is 0. The van der Waals surface area contributed by atoms with Crippen molar-refractivity contribution in [1.82, 2.24) is 15.5 Å². The molecule has 2 aliphatic rings. The third kappa shape index (κ3) is 3.45. The van der Waals surface area contributed by atoms with Crippen LogP contribution in [0.15, 0.2) is 0 Å². The van der Waals surface area contributed by atoms with Gasteiger partial charge < -0.3 is 10.6 Å². The van der Waals surface area contributed by atoms with Crippen LogP contribution in [0.5, 0.6) is 0 Å². The Morgan fingerprint density at radius 3 is 2.82 bits per heavy atom. The van der Waals surface area contributed by atoms with Crippen LogP contribution >= 0.6 is 0 Å². The molecular formula is C13H21N3O. The van der Waals surface area contributed by atoms with Gasteiger partial charge in [-0.15, -0.1) is 6.42 Å². The monoisotopic (exact) mass is 235 g/mol. The molecule has 2 fully saturated rings. The van der Waals surface area contributed by atoms with Crippen LogP contribution in [-0.4, -0.2) is 49.1 Å². The number of nitrogens with zero attached hydrogens (tertiary/aromatic N) is 1. The zero-order valence-corrected chi connectivity index (χ0v) is 10.2. The molecule has 1 amide bonds. The number of piperidine rings is 2. The van der Waals surface area contributed by atoms with E-state index in [1.165, 1.54) is 0 Å². The zero-order valence-electron chi connectivity index (χ0n) is 10.2. The molecular weight excluding hydrogens is 214 g/mol. The molecule has 17 heavy (non-hydrogen) atoms. The molecule has 4 nitrogen and oxygen atoms in total. The number of hydrogen-bond acceptors (Lipinski definition) is 3. The molecule has 0 aromatic rings. The van der Waals surface area contributed by atoms with Crippen molar-refractivity contribution in [2.45, 2.75) is 37.8 Å². The lowest BCUT2D eigenvalue weighted by Crippen LogP contribution is -2.53. The van der Waals surface area contributed by atoms with Gasteiger partial charge in [-0.05, 0) is 25.7 Å². The van der Waals surface area contributed by atoms with Crippen LogP contribution in [0.3, 0.4) is 0 Å². The van der Waals surface area contributed by atoms with E-state index < -0.39 is 0 Å². The highest BCUT2D eigenvalue weighted by molar-refractivity contribution is 5.82. The molecule has 2 rings (SSSR count). The van der Waals surface area contributed by atoms with Crippen LogP contribution in [0.25, 0.3) is 0 Å². The van der Waals surface area contributed by atoms with Crippen LogP contribution in [0.1, 0.15) is 25.7 Å². The van der Waals surface area contributed by atoms with E-state index in [4.69, 9.17) is 6.42 Å². The van der Waals surface area contributed by atoms with Gasteiger partial charge in [0.15, 0.2) is 0 Å².